The fraction of sp³-hybridized carbons (Fsp3) is 0.250. The molecule has 0 atom stereocenters. The van der Waals surface area contributed by atoms with Crippen LogP contribution >= 0.6 is 0 Å². The summed E-state index contributed by atoms with van der Waals surface area (Å²) >= 11 is 0. The van der Waals surface area contributed by atoms with E-state index in [1.807, 2.05) is 20.0 Å². The van der Waals surface area contributed by atoms with Crippen LogP contribution in [0.2, 0.25) is 0 Å². The highest BCUT2D eigenvalue weighted by Crippen LogP contribution is 2.00. The number of nitrogens with one attached hydrogen (secondary N) is 1. The molecule has 9 heavy (non-hydrogen) atoms. The lowest BCUT2D eigenvalue weighted by molar-refractivity contribution is 1.01. The second-order valence-electron chi connectivity index (χ2n) is 1.81. The van der Waals surface area contributed by atoms with Gasteiger partial charge in [0.05, 0.1) is 0 Å². The molecule has 1 nitrogen and oxygen atoms in total. The van der Waals surface area contributed by atoms with Crippen LogP contribution in [0.3, 0.4) is 0 Å². The Morgan fingerprint density at radius 2 is 2.11 bits per heavy atom. The number of rotatable bonds is 3. The molecule has 50 valence electrons. The van der Waals surface area contributed by atoms with E-state index in [0.29, 0.717) is 0 Å². The van der Waals surface area contributed by atoms with Gasteiger partial charge in [0.15, 0.2) is 0 Å². The molecule has 0 bridgehead atoms. The van der Waals surface area contributed by atoms with Crippen LogP contribution in [0.1, 0.15) is 6.92 Å². The summed E-state index contributed by atoms with van der Waals surface area (Å²) in [7, 11) is 1.85. The van der Waals surface area contributed by atoms with E-state index in [2.05, 4.69) is 18.5 Å². The first-order chi connectivity index (χ1) is 4.22. The van der Waals surface area contributed by atoms with E-state index >= 15 is 0 Å². The van der Waals surface area contributed by atoms with Gasteiger partial charge in [-0.1, -0.05) is 25.3 Å². The monoisotopic (exact) mass is 123 g/mol. The van der Waals surface area contributed by atoms with Crippen LogP contribution in [0.4, 0.5) is 0 Å². The molecule has 0 fully saturated rings. The first kappa shape index (κ1) is 8.02. The van der Waals surface area contributed by atoms with Gasteiger partial charge in [-0.3, -0.25) is 0 Å². The third-order valence-electron chi connectivity index (χ3n) is 1.15. The average Bonchev–Trinajstić information content (AvgIpc) is 1.87. The van der Waals surface area contributed by atoms with Gasteiger partial charge in [-0.15, -0.1) is 0 Å². The number of hydrogen-bond acceptors (Lipinski definition) is 1. The molecule has 0 unspecified atom stereocenters. The Morgan fingerprint density at radius 3 is 2.44 bits per heavy atom. The van der Waals surface area contributed by atoms with Crippen molar-refractivity contribution in [1.29, 1.82) is 0 Å². The van der Waals surface area contributed by atoms with Crippen LogP contribution in [0.25, 0.3) is 0 Å². The van der Waals surface area contributed by atoms with E-state index in [1.165, 1.54) is 0 Å². The number of allylic oxidation sites excluding steroid dienone is 3. The van der Waals surface area contributed by atoms with Crippen molar-refractivity contribution in [3.63, 3.8) is 0 Å². The molecule has 0 aliphatic rings. The van der Waals surface area contributed by atoms with Gasteiger partial charge in [0.25, 0.3) is 0 Å². The second-order valence-corrected chi connectivity index (χ2v) is 1.81. The van der Waals surface area contributed by atoms with E-state index in [4.69, 9.17) is 0 Å². The lowest BCUT2D eigenvalue weighted by Crippen LogP contribution is -2.04. The molecule has 1 N–H and O–H groups in total. The van der Waals surface area contributed by atoms with Crippen molar-refractivity contribution in [1.82, 2.24) is 5.32 Å². The molecule has 0 saturated heterocycles. The molecule has 0 aliphatic heterocycles. The molecular formula is C8H13N. The Labute approximate surface area is 56.8 Å². The Balaban J connectivity index is 4.01. The average molecular weight is 123 g/mol. The van der Waals surface area contributed by atoms with Crippen LogP contribution < -0.4 is 5.32 Å². The zero-order chi connectivity index (χ0) is 7.28. The van der Waals surface area contributed by atoms with Crippen molar-refractivity contribution in [3.8, 4) is 0 Å². The summed E-state index contributed by atoms with van der Waals surface area (Å²) in [6.07, 6.45) is 3.66. The van der Waals surface area contributed by atoms with E-state index in [1.54, 1.807) is 6.08 Å². The minimum Gasteiger partial charge on any atom is -0.388 e. The normalized spacial score (nSPS) is 10.7. The molecule has 0 spiro atoms. The molecule has 0 saturated carbocycles. The summed E-state index contributed by atoms with van der Waals surface area (Å²) in [6, 6.07) is 0. The lowest BCUT2D eigenvalue weighted by Gasteiger charge is -2.01. The van der Waals surface area contributed by atoms with Crippen LogP contribution in [0.15, 0.2) is 36.6 Å². The Bertz CT molecular complexity index is 143. The van der Waals surface area contributed by atoms with Gasteiger partial charge in [-0.05, 0) is 12.5 Å². The van der Waals surface area contributed by atoms with Gasteiger partial charge < -0.3 is 5.32 Å². The van der Waals surface area contributed by atoms with Crippen molar-refractivity contribution >= 4 is 0 Å². The number of likely N-dealkylation sites (N-methyl/N-ethyl adjacent to an activating group) is 1. The summed E-state index contributed by atoms with van der Waals surface area (Å²) in [6.45, 7) is 9.32. The van der Waals surface area contributed by atoms with Gasteiger partial charge in [0.2, 0.25) is 0 Å². The van der Waals surface area contributed by atoms with Crippen LogP contribution in [0, 0.1) is 0 Å². The van der Waals surface area contributed by atoms with E-state index in [0.717, 1.165) is 11.3 Å². The molecule has 0 aromatic rings. The molecule has 0 rings (SSSR count). The standard InChI is InChI=1S/C8H13N/c1-5-6-7(2)8(3)9-4/h5-6,9H,1,3H2,2,4H3/b7-6-. The molecule has 0 aliphatic carbocycles. The second kappa shape index (κ2) is 3.96. The fourth-order valence-corrected chi connectivity index (χ4v) is 0.475. The topological polar surface area (TPSA) is 12.0 Å². The molecule has 0 amide bonds. The highest BCUT2D eigenvalue weighted by molar-refractivity contribution is 5.27. The molecule has 1 heteroatoms. The Kier molecular flexibility index (Phi) is 3.52. The van der Waals surface area contributed by atoms with Crippen molar-refractivity contribution in [3.05, 3.63) is 36.6 Å². The SMILES string of the molecule is C=C/C=C(/C)C(=C)NC. The fourth-order valence-electron chi connectivity index (χ4n) is 0.475. The maximum absolute atomic E-state index is 3.76. The van der Waals surface area contributed by atoms with Gasteiger partial charge in [-0.25, -0.2) is 0 Å². The van der Waals surface area contributed by atoms with Gasteiger partial charge in [-0.2, -0.15) is 0 Å². The molecule has 0 aromatic carbocycles. The highest BCUT2D eigenvalue weighted by atomic mass is 14.8. The molecule has 0 aromatic heterocycles. The lowest BCUT2D eigenvalue weighted by atomic mass is 10.2. The molecular weight excluding hydrogens is 110 g/mol. The third-order valence-corrected chi connectivity index (χ3v) is 1.15. The maximum atomic E-state index is 3.76. The van der Waals surface area contributed by atoms with Gasteiger partial charge in [0.1, 0.15) is 0 Å². The smallest absolute Gasteiger partial charge is 0.0294 e. The van der Waals surface area contributed by atoms with E-state index < -0.39 is 0 Å². The first-order valence-electron chi connectivity index (χ1n) is 2.88. The van der Waals surface area contributed by atoms with Crippen molar-refractivity contribution < 1.29 is 0 Å². The molecule has 0 radical (unpaired) electrons. The predicted molar refractivity (Wildman–Crippen MR) is 42.2 cm³/mol. The minimum absolute atomic E-state index is 0.940. The summed E-state index contributed by atoms with van der Waals surface area (Å²) in [5, 5.41) is 2.94. The van der Waals surface area contributed by atoms with Crippen molar-refractivity contribution in [2.45, 2.75) is 6.92 Å². The summed E-state index contributed by atoms with van der Waals surface area (Å²) in [5.74, 6) is 0. The highest BCUT2D eigenvalue weighted by Gasteiger charge is 1.87. The van der Waals surface area contributed by atoms with Gasteiger partial charge in [0, 0.05) is 12.7 Å². The van der Waals surface area contributed by atoms with Crippen LogP contribution in [-0.2, 0) is 0 Å². The zero-order valence-electron chi connectivity index (χ0n) is 6.07. The predicted octanol–water partition coefficient (Wildman–Crippen LogP) is 1.85. The summed E-state index contributed by atoms with van der Waals surface area (Å²) in [5.41, 5.74) is 2.06. The van der Waals surface area contributed by atoms with E-state index in [-0.39, 0.29) is 0 Å². The zero-order valence-corrected chi connectivity index (χ0v) is 6.07. The van der Waals surface area contributed by atoms with Crippen molar-refractivity contribution in [2.24, 2.45) is 0 Å². The third kappa shape index (κ3) is 2.75. The van der Waals surface area contributed by atoms with Crippen LogP contribution in [0.5, 0.6) is 0 Å². The van der Waals surface area contributed by atoms with Crippen molar-refractivity contribution in [2.75, 3.05) is 7.05 Å². The van der Waals surface area contributed by atoms with Crippen LogP contribution in [-0.4, -0.2) is 7.05 Å². The molecule has 0 heterocycles. The summed E-state index contributed by atoms with van der Waals surface area (Å²) in [4.78, 5) is 0. The Hall–Kier alpha value is -0.980. The maximum Gasteiger partial charge on any atom is 0.0294 e. The minimum atomic E-state index is 0.940. The quantitative estimate of drug-likeness (QED) is 0.565. The van der Waals surface area contributed by atoms with Gasteiger partial charge >= 0.3 is 0 Å². The largest absolute Gasteiger partial charge is 0.388 e. The van der Waals surface area contributed by atoms with E-state index in [9.17, 15) is 0 Å². The first-order valence-corrected chi connectivity index (χ1v) is 2.88. The number of hydrogen-bond donors (Lipinski definition) is 1. The Morgan fingerprint density at radius 1 is 1.56 bits per heavy atom. The summed E-state index contributed by atoms with van der Waals surface area (Å²) < 4.78 is 0.